The zero-order valence-electron chi connectivity index (χ0n) is 15.2. The summed E-state index contributed by atoms with van der Waals surface area (Å²) in [7, 11) is 0. The van der Waals surface area contributed by atoms with Gasteiger partial charge in [-0.25, -0.2) is 14.6 Å². The van der Waals surface area contributed by atoms with Gasteiger partial charge in [-0.1, -0.05) is 5.16 Å². The van der Waals surface area contributed by atoms with Gasteiger partial charge in [-0.05, 0) is 33.8 Å². The zero-order chi connectivity index (χ0) is 18.7. The van der Waals surface area contributed by atoms with Gasteiger partial charge in [0.1, 0.15) is 23.5 Å². The van der Waals surface area contributed by atoms with Gasteiger partial charge in [0.2, 0.25) is 0 Å². The standard InChI is InChI=1S/C17H21N7O2/c1-10-7-11(2)24(22-10)15-8-14(20-9-21-15)18-5-6-19-17(25)16-12(3)23-26-13(16)4/h7-9H,5-6H2,1-4H3,(H,19,25)(H,18,20,21). The number of aryl methyl sites for hydroxylation is 4. The number of hydrogen-bond donors (Lipinski definition) is 2. The van der Waals surface area contributed by atoms with E-state index < -0.39 is 0 Å². The smallest absolute Gasteiger partial charge is 0.256 e. The van der Waals surface area contributed by atoms with Crippen LogP contribution in [-0.4, -0.2) is 43.9 Å². The molecule has 9 heteroatoms. The van der Waals surface area contributed by atoms with Gasteiger partial charge in [-0.3, -0.25) is 4.79 Å². The summed E-state index contributed by atoms with van der Waals surface area (Å²) in [5.74, 6) is 1.66. The molecule has 136 valence electrons. The molecule has 0 radical (unpaired) electrons. The lowest BCUT2D eigenvalue weighted by molar-refractivity contribution is 0.0953. The number of rotatable bonds is 6. The van der Waals surface area contributed by atoms with Gasteiger partial charge >= 0.3 is 0 Å². The molecule has 3 heterocycles. The van der Waals surface area contributed by atoms with Crippen molar-refractivity contribution in [1.82, 2.24) is 30.2 Å². The highest BCUT2D eigenvalue weighted by molar-refractivity contribution is 5.96. The molecule has 0 saturated carbocycles. The quantitative estimate of drug-likeness (QED) is 0.648. The van der Waals surface area contributed by atoms with Gasteiger partial charge < -0.3 is 15.2 Å². The average Bonchev–Trinajstić information content (AvgIpc) is 3.12. The minimum Gasteiger partial charge on any atom is -0.368 e. The van der Waals surface area contributed by atoms with Gasteiger partial charge in [-0.15, -0.1) is 0 Å². The van der Waals surface area contributed by atoms with Crippen molar-refractivity contribution in [2.24, 2.45) is 0 Å². The van der Waals surface area contributed by atoms with E-state index in [1.807, 2.05) is 26.0 Å². The van der Waals surface area contributed by atoms with Crippen molar-refractivity contribution in [1.29, 1.82) is 0 Å². The van der Waals surface area contributed by atoms with Crippen LogP contribution in [0.1, 0.15) is 33.2 Å². The fourth-order valence-corrected chi connectivity index (χ4v) is 2.68. The minimum atomic E-state index is -0.200. The third kappa shape index (κ3) is 3.71. The van der Waals surface area contributed by atoms with E-state index in [9.17, 15) is 4.79 Å². The van der Waals surface area contributed by atoms with Crippen molar-refractivity contribution < 1.29 is 9.32 Å². The summed E-state index contributed by atoms with van der Waals surface area (Å²) in [4.78, 5) is 20.6. The Morgan fingerprint density at radius 1 is 1.15 bits per heavy atom. The van der Waals surface area contributed by atoms with E-state index in [2.05, 4.69) is 30.9 Å². The Morgan fingerprint density at radius 2 is 1.96 bits per heavy atom. The van der Waals surface area contributed by atoms with Crippen LogP contribution in [0.15, 0.2) is 23.0 Å². The zero-order valence-corrected chi connectivity index (χ0v) is 15.2. The number of aromatic nitrogens is 5. The van der Waals surface area contributed by atoms with Crippen LogP contribution in [0.2, 0.25) is 0 Å². The second-order valence-electron chi connectivity index (χ2n) is 5.98. The number of carbonyl (C=O) groups is 1. The molecule has 3 aromatic heterocycles. The van der Waals surface area contributed by atoms with Crippen LogP contribution in [0.3, 0.4) is 0 Å². The topological polar surface area (TPSA) is 111 Å². The average molecular weight is 355 g/mol. The van der Waals surface area contributed by atoms with Crippen molar-refractivity contribution in [2.45, 2.75) is 27.7 Å². The van der Waals surface area contributed by atoms with Crippen molar-refractivity contribution in [3.05, 3.63) is 46.9 Å². The predicted octanol–water partition coefficient (Wildman–Crippen LogP) is 1.73. The van der Waals surface area contributed by atoms with E-state index in [0.717, 1.165) is 11.4 Å². The lowest BCUT2D eigenvalue weighted by atomic mass is 10.2. The van der Waals surface area contributed by atoms with E-state index in [4.69, 9.17) is 4.52 Å². The molecule has 0 fully saturated rings. The molecular formula is C17H21N7O2. The first kappa shape index (κ1) is 17.6. The highest BCUT2D eigenvalue weighted by Crippen LogP contribution is 2.13. The molecular weight excluding hydrogens is 334 g/mol. The normalized spacial score (nSPS) is 10.8. The summed E-state index contributed by atoms with van der Waals surface area (Å²) in [5, 5.41) is 14.2. The molecule has 0 aromatic carbocycles. The maximum Gasteiger partial charge on any atom is 0.256 e. The maximum atomic E-state index is 12.2. The molecule has 0 aliphatic heterocycles. The van der Waals surface area contributed by atoms with Gasteiger partial charge in [-0.2, -0.15) is 5.10 Å². The number of carbonyl (C=O) groups excluding carboxylic acids is 1. The summed E-state index contributed by atoms with van der Waals surface area (Å²) in [6, 6.07) is 3.80. The van der Waals surface area contributed by atoms with Crippen LogP contribution in [0, 0.1) is 27.7 Å². The van der Waals surface area contributed by atoms with E-state index in [1.54, 1.807) is 18.5 Å². The Kier molecular flexibility index (Phi) is 4.97. The molecule has 0 unspecified atom stereocenters. The first-order valence-electron chi connectivity index (χ1n) is 8.26. The SMILES string of the molecule is Cc1cc(C)n(-c2cc(NCCNC(=O)c3c(C)noc3C)ncn2)n1. The highest BCUT2D eigenvalue weighted by Gasteiger charge is 2.16. The molecule has 0 bridgehead atoms. The number of nitrogens with one attached hydrogen (secondary N) is 2. The van der Waals surface area contributed by atoms with E-state index in [0.29, 0.717) is 41.7 Å². The molecule has 3 aromatic rings. The molecule has 0 aliphatic carbocycles. The predicted molar refractivity (Wildman–Crippen MR) is 95.4 cm³/mol. The lowest BCUT2D eigenvalue weighted by Gasteiger charge is -2.09. The van der Waals surface area contributed by atoms with Gasteiger partial charge in [0.15, 0.2) is 5.82 Å². The van der Waals surface area contributed by atoms with Crippen LogP contribution in [0.4, 0.5) is 5.82 Å². The van der Waals surface area contributed by atoms with Crippen molar-refractivity contribution >= 4 is 11.7 Å². The molecule has 0 aliphatic rings. The molecule has 9 nitrogen and oxygen atoms in total. The van der Waals surface area contributed by atoms with Crippen LogP contribution in [-0.2, 0) is 0 Å². The number of hydrogen-bond acceptors (Lipinski definition) is 7. The lowest BCUT2D eigenvalue weighted by Crippen LogP contribution is -2.29. The Labute approximate surface area is 150 Å². The van der Waals surface area contributed by atoms with Gasteiger partial charge in [0, 0.05) is 24.8 Å². The molecule has 2 N–H and O–H groups in total. The molecule has 0 saturated heterocycles. The molecule has 1 amide bonds. The van der Waals surface area contributed by atoms with Crippen LogP contribution < -0.4 is 10.6 Å². The number of nitrogens with zero attached hydrogens (tertiary/aromatic N) is 5. The first-order valence-corrected chi connectivity index (χ1v) is 8.26. The van der Waals surface area contributed by atoms with E-state index in [1.165, 1.54) is 6.33 Å². The number of anilines is 1. The maximum absolute atomic E-state index is 12.2. The fourth-order valence-electron chi connectivity index (χ4n) is 2.68. The van der Waals surface area contributed by atoms with Crippen LogP contribution in [0.25, 0.3) is 5.82 Å². The Balaban J connectivity index is 1.56. The molecule has 3 rings (SSSR count). The van der Waals surface area contributed by atoms with Crippen LogP contribution >= 0.6 is 0 Å². The summed E-state index contributed by atoms with van der Waals surface area (Å²) in [6.45, 7) is 8.31. The van der Waals surface area contributed by atoms with Crippen molar-refractivity contribution in [3.8, 4) is 5.82 Å². The highest BCUT2D eigenvalue weighted by atomic mass is 16.5. The summed E-state index contributed by atoms with van der Waals surface area (Å²) in [6.07, 6.45) is 1.48. The molecule has 0 spiro atoms. The second kappa shape index (κ2) is 7.34. The molecule has 0 atom stereocenters. The largest absolute Gasteiger partial charge is 0.368 e. The Hall–Kier alpha value is -3.23. The van der Waals surface area contributed by atoms with Crippen molar-refractivity contribution in [2.75, 3.05) is 18.4 Å². The Morgan fingerprint density at radius 3 is 2.62 bits per heavy atom. The minimum absolute atomic E-state index is 0.200. The fraction of sp³-hybridized carbons (Fsp3) is 0.353. The summed E-state index contributed by atoms with van der Waals surface area (Å²) < 4.78 is 6.77. The number of amides is 1. The van der Waals surface area contributed by atoms with E-state index >= 15 is 0 Å². The first-order chi connectivity index (χ1) is 12.5. The summed E-state index contributed by atoms with van der Waals surface area (Å²) in [5.41, 5.74) is 2.99. The monoisotopic (exact) mass is 355 g/mol. The Bertz CT molecular complexity index is 910. The second-order valence-corrected chi connectivity index (χ2v) is 5.98. The van der Waals surface area contributed by atoms with Gasteiger partial charge in [0.25, 0.3) is 5.91 Å². The van der Waals surface area contributed by atoms with Crippen molar-refractivity contribution in [3.63, 3.8) is 0 Å². The molecule has 26 heavy (non-hydrogen) atoms. The third-order valence-corrected chi connectivity index (χ3v) is 3.86. The summed E-state index contributed by atoms with van der Waals surface area (Å²) >= 11 is 0. The third-order valence-electron chi connectivity index (χ3n) is 3.86. The van der Waals surface area contributed by atoms with Crippen LogP contribution in [0.5, 0.6) is 0 Å². The van der Waals surface area contributed by atoms with Gasteiger partial charge in [0.05, 0.1) is 11.4 Å². The van der Waals surface area contributed by atoms with E-state index in [-0.39, 0.29) is 5.91 Å².